The normalized spacial score (nSPS) is 17.0. The zero-order chi connectivity index (χ0) is 6.85. The fraction of sp³-hybridized carbons (Fsp3) is 0.333. The average Bonchev–Trinajstić information content (AvgIpc) is 2.14. The van der Waals surface area contributed by atoms with Crippen LogP contribution in [0.3, 0.4) is 0 Å². The summed E-state index contributed by atoms with van der Waals surface area (Å²) in [6, 6.07) is 0. The number of nitro groups is 1. The Morgan fingerprint density at radius 3 is 2.67 bits per heavy atom. The molecule has 1 heterocycles. The molecular formula is C3H2BrN3O2. The molecule has 0 amide bonds. The van der Waals surface area contributed by atoms with E-state index in [4.69, 9.17) is 0 Å². The van der Waals surface area contributed by atoms with Crippen LogP contribution in [0.2, 0.25) is 0 Å². The molecule has 1 aliphatic rings. The van der Waals surface area contributed by atoms with Crippen molar-refractivity contribution in [3.8, 4) is 0 Å². The molecule has 9 heavy (non-hydrogen) atoms. The Bertz CT molecular complexity index is 209. The van der Waals surface area contributed by atoms with Crippen LogP contribution in [0.15, 0.2) is 9.98 Å². The molecule has 0 spiro atoms. The number of halogens is 1. The molecule has 0 atom stereocenters. The van der Waals surface area contributed by atoms with Gasteiger partial charge in [0.1, 0.15) is 0 Å². The lowest BCUT2D eigenvalue weighted by Crippen LogP contribution is -2.11. The van der Waals surface area contributed by atoms with Crippen molar-refractivity contribution in [3.63, 3.8) is 0 Å². The molecule has 48 valence electrons. The molecule has 0 bridgehead atoms. The molecule has 1 rings (SSSR count). The standard InChI is InChI=1S/C3H2BrN3O2/c4-3-5-1-2(6-3)7(8)9/h1H2. The van der Waals surface area contributed by atoms with E-state index in [9.17, 15) is 10.1 Å². The minimum absolute atomic E-state index is 0.0770. The van der Waals surface area contributed by atoms with Gasteiger partial charge in [-0.3, -0.25) is 0 Å². The molecule has 1 aliphatic heterocycles. The van der Waals surface area contributed by atoms with Crippen molar-refractivity contribution in [2.45, 2.75) is 0 Å². The second-order valence-electron chi connectivity index (χ2n) is 1.37. The van der Waals surface area contributed by atoms with Crippen molar-refractivity contribution < 1.29 is 4.92 Å². The molecule has 5 nitrogen and oxygen atoms in total. The molecule has 6 heteroatoms. The summed E-state index contributed by atoms with van der Waals surface area (Å²) in [4.78, 5) is 16.5. The van der Waals surface area contributed by atoms with E-state index < -0.39 is 4.92 Å². The topological polar surface area (TPSA) is 67.9 Å². The lowest BCUT2D eigenvalue weighted by atomic mass is 10.6. The van der Waals surface area contributed by atoms with Crippen LogP contribution in [0.5, 0.6) is 0 Å². The third-order valence-corrected chi connectivity index (χ3v) is 1.21. The highest BCUT2D eigenvalue weighted by Crippen LogP contribution is 2.01. The lowest BCUT2D eigenvalue weighted by Gasteiger charge is -1.85. The number of amidine groups is 2. The van der Waals surface area contributed by atoms with Gasteiger partial charge in [0.2, 0.25) is 0 Å². The summed E-state index contributed by atoms with van der Waals surface area (Å²) in [5.41, 5.74) is 0. The number of hydrogen-bond acceptors (Lipinski definition) is 4. The van der Waals surface area contributed by atoms with Crippen molar-refractivity contribution in [2.24, 2.45) is 9.98 Å². The quantitative estimate of drug-likeness (QED) is 0.317. The SMILES string of the molecule is O=[N+]([O-])C1=NC(Br)=NC1. The van der Waals surface area contributed by atoms with Crippen LogP contribution in [0, 0.1) is 10.1 Å². The van der Waals surface area contributed by atoms with Gasteiger partial charge in [0.25, 0.3) is 0 Å². The van der Waals surface area contributed by atoms with Gasteiger partial charge in [-0.15, -0.1) is 0 Å². The number of aliphatic imine (C=N–C) groups is 2. The first-order valence-corrected chi connectivity index (χ1v) is 2.91. The van der Waals surface area contributed by atoms with Gasteiger partial charge in [0.15, 0.2) is 6.54 Å². The Morgan fingerprint density at radius 2 is 2.44 bits per heavy atom. The summed E-state index contributed by atoms with van der Waals surface area (Å²) in [5.74, 6) is -0.109. The van der Waals surface area contributed by atoms with Crippen LogP contribution < -0.4 is 0 Å². The fourth-order valence-corrected chi connectivity index (χ4v) is 0.742. The second kappa shape index (κ2) is 2.22. The van der Waals surface area contributed by atoms with E-state index in [1.807, 2.05) is 0 Å². The predicted octanol–water partition coefficient (Wildman–Crippen LogP) is 0.426. The van der Waals surface area contributed by atoms with Gasteiger partial charge in [0.05, 0.1) is 0 Å². The van der Waals surface area contributed by atoms with Gasteiger partial charge in [-0.2, -0.15) is 0 Å². The summed E-state index contributed by atoms with van der Waals surface area (Å²) in [6.07, 6.45) is 0. The predicted molar refractivity (Wildman–Crippen MR) is 35.7 cm³/mol. The summed E-state index contributed by atoms with van der Waals surface area (Å²) >= 11 is 2.90. The molecular weight excluding hydrogens is 190 g/mol. The maximum absolute atomic E-state index is 9.93. The lowest BCUT2D eigenvalue weighted by molar-refractivity contribution is -0.351. The molecule has 0 aromatic heterocycles. The van der Waals surface area contributed by atoms with E-state index in [1.165, 1.54) is 0 Å². The summed E-state index contributed by atoms with van der Waals surface area (Å²) < 4.78 is 0.300. The van der Waals surface area contributed by atoms with E-state index in [2.05, 4.69) is 25.9 Å². The minimum Gasteiger partial charge on any atom is -0.358 e. The van der Waals surface area contributed by atoms with Crippen LogP contribution >= 0.6 is 15.9 Å². The third kappa shape index (κ3) is 1.32. The molecule has 0 unspecified atom stereocenters. The summed E-state index contributed by atoms with van der Waals surface area (Å²) in [7, 11) is 0. The average molecular weight is 192 g/mol. The molecule has 0 radical (unpaired) electrons. The van der Waals surface area contributed by atoms with E-state index in [1.54, 1.807) is 0 Å². The Kier molecular flexibility index (Phi) is 1.56. The molecule has 0 saturated heterocycles. The Hall–Kier alpha value is -0.780. The minimum atomic E-state index is -0.544. The highest BCUT2D eigenvalue weighted by Gasteiger charge is 2.19. The van der Waals surface area contributed by atoms with Crippen molar-refractivity contribution in [2.75, 3.05) is 6.54 Å². The largest absolute Gasteiger partial charge is 0.363 e. The Labute approximate surface area is 58.8 Å². The molecule has 0 aromatic carbocycles. The molecule has 0 N–H and O–H groups in total. The highest BCUT2D eigenvalue weighted by molar-refractivity contribution is 9.18. The first-order chi connectivity index (χ1) is 4.20. The fourth-order valence-electron chi connectivity index (χ4n) is 0.412. The summed E-state index contributed by atoms with van der Waals surface area (Å²) in [5, 5.41) is 9.93. The van der Waals surface area contributed by atoms with E-state index in [-0.39, 0.29) is 12.4 Å². The third-order valence-electron chi connectivity index (χ3n) is 0.783. The first-order valence-electron chi connectivity index (χ1n) is 2.12. The first kappa shape index (κ1) is 6.34. The second-order valence-corrected chi connectivity index (χ2v) is 2.08. The van der Waals surface area contributed by atoms with E-state index in [0.717, 1.165) is 0 Å². The van der Waals surface area contributed by atoms with E-state index >= 15 is 0 Å². The molecule has 0 fully saturated rings. The van der Waals surface area contributed by atoms with Crippen LogP contribution in [0.1, 0.15) is 0 Å². The monoisotopic (exact) mass is 191 g/mol. The van der Waals surface area contributed by atoms with Crippen LogP contribution in [-0.4, -0.2) is 22.0 Å². The van der Waals surface area contributed by atoms with Crippen molar-refractivity contribution in [3.05, 3.63) is 10.1 Å². The van der Waals surface area contributed by atoms with Crippen LogP contribution in [0.4, 0.5) is 0 Å². The molecule has 0 saturated carbocycles. The van der Waals surface area contributed by atoms with Gasteiger partial charge < -0.3 is 10.1 Å². The highest BCUT2D eigenvalue weighted by atomic mass is 79.9. The Balaban J connectivity index is 2.71. The zero-order valence-electron chi connectivity index (χ0n) is 4.24. The van der Waals surface area contributed by atoms with Gasteiger partial charge in [-0.1, -0.05) is 0 Å². The number of rotatable bonds is 0. The van der Waals surface area contributed by atoms with Gasteiger partial charge >= 0.3 is 10.6 Å². The smallest absolute Gasteiger partial charge is 0.358 e. The number of nitrogens with zero attached hydrogens (tertiary/aromatic N) is 3. The zero-order valence-corrected chi connectivity index (χ0v) is 5.83. The van der Waals surface area contributed by atoms with Gasteiger partial charge in [0, 0.05) is 15.9 Å². The summed E-state index contributed by atoms with van der Waals surface area (Å²) in [6.45, 7) is 0.0770. The maximum atomic E-state index is 9.93. The van der Waals surface area contributed by atoms with E-state index in [0.29, 0.717) is 4.74 Å². The van der Waals surface area contributed by atoms with Crippen molar-refractivity contribution in [1.82, 2.24) is 0 Å². The number of hydrogen-bond donors (Lipinski definition) is 0. The Morgan fingerprint density at radius 1 is 1.78 bits per heavy atom. The van der Waals surface area contributed by atoms with Crippen molar-refractivity contribution >= 4 is 26.5 Å². The molecule has 0 aromatic rings. The van der Waals surface area contributed by atoms with Gasteiger partial charge in [-0.05, 0) is 9.92 Å². The maximum Gasteiger partial charge on any atom is 0.363 e. The van der Waals surface area contributed by atoms with Gasteiger partial charge in [-0.25, -0.2) is 4.99 Å². The van der Waals surface area contributed by atoms with Crippen molar-refractivity contribution in [1.29, 1.82) is 0 Å². The van der Waals surface area contributed by atoms with Crippen LogP contribution in [0.25, 0.3) is 0 Å². The molecule has 0 aliphatic carbocycles. The van der Waals surface area contributed by atoms with Crippen LogP contribution in [-0.2, 0) is 0 Å².